The van der Waals surface area contributed by atoms with Gasteiger partial charge in [0.2, 0.25) is 5.89 Å². The summed E-state index contributed by atoms with van der Waals surface area (Å²) in [7, 11) is 0. The molecule has 1 unspecified atom stereocenters. The van der Waals surface area contributed by atoms with Gasteiger partial charge in [-0.2, -0.15) is 4.98 Å². The van der Waals surface area contributed by atoms with Crippen molar-refractivity contribution in [3.63, 3.8) is 0 Å². The lowest BCUT2D eigenvalue weighted by molar-refractivity contribution is 0.102. The standard InChI is InChI=1S/C12H21N3O2/c1-2-3-12-14-11(15-17-12)9-16-7-5-10-4-6-13-8-10/h10,13H,2-9H2,1H3. The molecule has 0 bridgehead atoms. The normalized spacial score (nSPS) is 19.9. The average molecular weight is 239 g/mol. The van der Waals surface area contributed by atoms with Gasteiger partial charge in [-0.05, 0) is 38.3 Å². The quantitative estimate of drug-likeness (QED) is 0.731. The molecule has 1 aromatic rings. The minimum atomic E-state index is 0.466. The lowest BCUT2D eigenvalue weighted by Crippen LogP contribution is -2.10. The summed E-state index contributed by atoms with van der Waals surface area (Å²) in [6.07, 6.45) is 4.26. The van der Waals surface area contributed by atoms with Gasteiger partial charge in [-0.3, -0.25) is 0 Å². The molecular formula is C12H21N3O2. The summed E-state index contributed by atoms with van der Waals surface area (Å²) < 4.78 is 10.6. The van der Waals surface area contributed by atoms with Crippen LogP contribution in [0.4, 0.5) is 0 Å². The van der Waals surface area contributed by atoms with Gasteiger partial charge in [-0.1, -0.05) is 12.1 Å². The van der Waals surface area contributed by atoms with Crippen molar-refractivity contribution in [3.8, 4) is 0 Å². The van der Waals surface area contributed by atoms with Crippen LogP contribution in [0.15, 0.2) is 4.52 Å². The van der Waals surface area contributed by atoms with Crippen LogP contribution in [0.1, 0.15) is 37.9 Å². The molecule has 96 valence electrons. The first-order chi connectivity index (χ1) is 8.38. The van der Waals surface area contributed by atoms with E-state index < -0.39 is 0 Å². The molecule has 0 aliphatic carbocycles. The van der Waals surface area contributed by atoms with E-state index in [1.165, 1.54) is 6.42 Å². The zero-order valence-electron chi connectivity index (χ0n) is 10.4. The molecule has 0 spiro atoms. The molecule has 1 saturated heterocycles. The second-order valence-corrected chi connectivity index (χ2v) is 4.55. The summed E-state index contributed by atoms with van der Waals surface area (Å²) >= 11 is 0. The molecule has 0 radical (unpaired) electrons. The molecule has 0 saturated carbocycles. The lowest BCUT2D eigenvalue weighted by Gasteiger charge is -2.06. The van der Waals surface area contributed by atoms with Gasteiger partial charge in [0.15, 0.2) is 5.82 Å². The van der Waals surface area contributed by atoms with Gasteiger partial charge in [0.05, 0.1) is 0 Å². The van der Waals surface area contributed by atoms with E-state index in [9.17, 15) is 0 Å². The van der Waals surface area contributed by atoms with Crippen molar-refractivity contribution >= 4 is 0 Å². The number of hydrogen-bond donors (Lipinski definition) is 1. The fourth-order valence-corrected chi connectivity index (χ4v) is 2.04. The number of ether oxygens (including phenoxy) is 1. The number of hydrogen-bond acceptors (Lipinski definition) is 5. The molecule has 0 aromatic carbocycles. The first-order valence-electron chi connectivity index (χ1n) is 6.48. The minimum Gasteiger partial charge on any atom is -0.373 e. The van der Waals surface area contributed by atoms with E-state index in [4.69, 9.17) is 9.26 Å². The molecule has 2 rings (SSSR count). The topological polar surface area (TPSA) is 60.2 Å². The van der Waals surface area contributed by atoms with E-state index >= 15 is 0 Å². The third kappa shape index (κ3) is 4.09. The molecule has 1 aliphatic heterocycles. The lowest BCUT2D eigenvalue weighted by atomic mass is 10.1. The predicted octanol–water partition coefficient (Wildman–Crippen LogP) is 1.54. The van der Waals surface area contributed by atoms with Gasteiger partial charge in [-0.15, -0.1) is 0 Å². The number of aryl methyl sites for hydroxylation is 1. The molecule has 17 heavy (non-hydrogen) atoms. The Morgan fingerprint density at radius 3 is 3.24 bits per heavy atom. The summed E-state index contributed by atoms with van der Waals surface area (Å²) in [5, 5.41) is 7.23. The van der Waals surface area contributed by atoms with Crippen LogP contribution >= 0.6 is 0 Å². The number of nitrogens with one attached hydrogen (secondary N) is 1. The maximum Gasteiger partial charge on any atom is 0.226 e. The highest BCUT2D eigenvalue weighted by Crippen LogP contribution is 2.12. The van der Waals surface area contributed by atoms with Gasteiger partial charge >= 0.3 is 0 Å². The molecule has 2 heterocycles. The first kappa shape index (κ1) is 12.5. The van der Waals surface area contributed by atoms with E-state index in [2.05, 4.69) is 22.4 Å². The second-order valence-electron chi connectivity index (χ2n) is 4.55. The highest BCUT2D eigenvalue weighted by molar-refractivity contribution is 4.84. The van der Waals surface area contributed by atoms with Crippen molar-refractivity contribution < 1.29 is 9.26 Å². The van der Waals surface area contributed by atoms with Crippen molar-refractivity contribution in [1.29, 1.82) is 0 Å². The van der Waals surface area contributed by atoms with Crippen LogP contribution < -0.4 is 5.32 Å². The molecule has 1 aromatic heterocycles. The van der Waals surface area contributed by atoms with Gasteiger partial charge < -0.3 is 14.6 Å². The fraction of sp³-hybridized carbons (Fsp3) is 0.833. The van der Waals surface area contributed by atoms with Gasteiger partial charge in [-0.25, -0.2) is 0 Å². The maximum absolute atomic E-state index is 5.56. The first-order valence-corrected chi connectivity index (χ1v) is 6.48. The molecule has 5 heteroatoms. The van der Waals surface area contributed by atoms with Crippen molar-refractivity contribution in [2.75, 3.05) is 19.7 Å². The van der Waals surface area contributed by atoms with E-state index in [0.29, 0.717) is 18.3 Å². The largest absolute Gasteiger partial charge is 0.373 e. The SMILES string of the molecule is CCCc1nc(COCCC2CCNC2)no1. The second kappa shape index (κ2) is 6.71. The summed E-state index contributed by atoms with van der Waals surface area (Å²) in [4.78, 5) is 4.25. The summed E-state index contributed by atoms with van der Waals surface area (Å²) in [6, 6.07) is 0. The zero-order valence-corrected chi connectivity index (χ0v) is 10.4. The molecule has 1 atom stereocenters. The Kier molecular flexibility index (Phi) is 4.94. The Bertz CT molecular complexity index is 321. The van der Waals surface area contributed by atoms with Crippen LogP contribution in [-0.4, -0.2) is 29.8 Å². The summed E-state index contributed by atoms with van der Waals surface area (Å²) in [5.74, 6) is 2.15. The van der Waals surface area contributed by atoms with Crippen LogP contribution in [-0.2, 0) is 17.8 Å². The zero-order chi connectivity index (χ0) is 11.9. The Morgan fingerprint density at radius 2 is 2.47 bits per heavy atom. The van der Waals surface area contributed by atoms with E-state index in [-0.39, 0.29) is 0 Å². The van der Waals surface area contributed by atoms with Crippen LogP contribution in [0.5, 0.6) is 0 Å². The smallest absolute Gasteiger partial charge is 0.226 e. The van der Waals surface area contributed by atoms with E-state index in [1.807, 2.05) is 0 Å². The van der Waals surface area contributed by atoms with E-state index in [1.54, 1.807) is 0 Å². The average Bonchev–Trinajstić information content (AvgIpc) is 2.96. The van der Waals surface area contributed by atoms with Crippen molar-refractivity contribution in [2.45, 2.75) is 39.2 Å². The van der Waals surface area contributed by atoms with Crippen LogP contribution in [0.25, 0.3) is 0 Å². The van der Waals surface area contributed by atoms with Crippen LogP contribution in [0.3, 0.4) is 0 Å². The minimum absolute atomic E-state index is 0.466. The Labute approximate surface area is 102 Å². The van der Waals surface area contributed by atoms with Gasteiger partial charge in [0.1, 0.15) is 6.61 Å². The van der Waals surface area contributed by atoms with Crippen molar-refractivity contribution in [3.05, 3.63) is 11.7 Å². The van der Waals surface area contributed by atoms with Crippen LogP contribution in [0.2, 0.25) is 0 Å². The number of aromatic nitrogens is 2. The highest BCUT2D eigenvalue weighted by atomic mass is 16.5. The predicted molar refractivity (Wildman–Crippen MR) is 63.5 cm³/mol. The highest BCUT2D eigenvalue weighted by Gasteiger charge is 2.14. The van der Waals surface area contributed by atoms with Crippen molar-refractivity contribution in [1.82, 2.24) is 15.5 Å². The number of nitrogens with zero attached hydrogens (tertiary/aromatic N) is 2. The molecular weight excluding hydrogens is 218 g/mol. The maximum atomic E-state index is 5.56. The molecule has 1 fully saturated rings. The monoisotopic (exact) mass is 239 g/mol. The van der Waals surface area contributed by atoms with Crippen LogP contribution in [0, 0.1) is 5.92 Å². The third-order valence-corrected chi connectivity index (χ3v) is 3.04. The molecule has 1 N–H and O–H groups in total. The molecule has 0 amide bonds. The molecule has 5 nitrogen and oxygen atoms in total. The van der Waals surface area contributed by atoms with Gasteiger partial charge in [0.25, 0.3) is 0 Å². The Morgan fingerprint density at radius 1 is 1.53 bits per heavy atom. The molecule has 1 aliphatic rings. The van der Waals surface area contributed by atoms with E-state index in [0.717, 1.165) is 44.9 Å². The van der Waals surface area contributed by atoms with Gasteiger partial charge in [0, 0.05) is 13.0 Å². The summed E-state index contributed by atoms with van der Waals surface area (Å²) in [5.41, 5.74) is 0. The summed E-state index contributed by atoms with van der Waals surface area (Å²) in [6.45, 7) is 5.62. The third-order valence-electron chi connectivity index (χ3n) is 3.04. The Balaban J connectivity index is 1.60. The van der Waals surface area contributed by atoms with Crippen molar-refractivity contribution in [2.24, 2.45) is 5.92 Å². The Hall–Kier alpha value is -0.940. The fourth-order valence-electron chi connectivity index (χ4n) is 2.04. The number of rotatable bonds is 7.